The van der Waals surface area contributed by atoms with Crippen LogP contribution in [0.2, 0.25) is 0 Å². The normalized spacial score (nSPS) is 21.3. The fraction of sp³-hybridized carbons (Fsp3) is 0.385. The largest absolute Gasteiger partial charge is 0.349 e. The second kappa shape index (κ2) is 4.98. The predicted molar refractivity (Wildman–Crippen MR) is 65.2 cm³/mol. The smallest absolute Gasteiger partial charge is 0.253 e. The fourth-order valence-electron chi connectivity index (χ4n) is 1.56. The van der Waals surface area contributed by atoms with Gasteiger partial charge < -0.3 is 11.1 Å². The van der Waals surface area contributed by atoms with Crippen molar-refractivity contribution in [3.8, 4) is 11.8 Å². The number of hydrogen-bond donors (Lipinski definition) is 2. The number of nitrogens with two attached hydrogens (primary N) is 1. The Balaban J connectivity index is 2.07. The highest BCUT2D eigenvalue weighted by atomic mass is 16.1. The standard InChI is InChI=1S/C13H15N3O/c1-9-5-12(9)16-13(17)11-6-10(3-2-4-14)7-15-8-11/h6-9,12H,4-5,14H2,1H3,(H,16,17). The second-order valence-corrected chi connectivity index (χ2v) is 4.26. The van der Waals surface area contributed by atoms with Gasteiger partial charge in [-0.15, -0.1) is 0 Å². The van der Waals surface area contributed by atoms with Crippen LogP contribution in [0, 0.1) is 17.8 Å². The number of hydrogen-bond acceptors (Lipinski definition) is 3. The predicted octanol–water partition coefficient (Wildman–Crippen LogP) is 0.530. The molecule has 88 valence electrons. The van der Waals surface area contributed by atoms with Crippen LogP contribution in [-0.2, 0) is 0 Å². The second-order valence-electron chi connectivity index (χ2n) is 4.26. The average Bonchev–Trinajstić information content (AvgIpc) is 3.02. The molecule has 2 rings (SSSR count). The molecule has 0 aromatic carbocycles. The van der Waals surface area contributed by atoms with Crippen LogP contribution in [0.15, 0.2) is 18.5 Å². The summed E-state index contributed by atoms with van der Waals surface area (Å²) in [6.07, 6.45) is 4.24. The van der Waals surface area contributed by atoms with Gasteiger partial charge in [0.15, 0.2) is 0 Å². The highest BCUT2D eigenvalue weighted by Gasteiger charge is 2.33. The number of aromatic nitrogens is 1. The Morgan fingerprint density at radius 3 is 3.06 bits per heavy atom. The molecule has 0 spiro atoms. The van der Waals surface area contributed by atoms with Gasteiger partial charge in [-0.1, -0.05) is 18.8 Å². The van der Waals surface area contributed by atoms with Crippen LogP contribution in [0.4, 0.5) is 0 Å². The van der Waals surface area contributed by atoms with Crippen LogP contribution >= 0.6 is 0 Å². The Morgan fingerprint density at radius 2 is 2.41 bits per heavy atom. The molecule has 1 heterocycles. The zero-order chi connectivity index (χ0) is 12.3. The molecule has 0 saturated heterocycles. The molecule has 0 aliphatic heterocycles. The van der Waals surface area contributed by atoms with E-state index in [1.54, 1.807) is 18.5 Å². The third-order valence-corrected chi connectivity index (χ3v) is 2.76. The van der Waals surface area contributed by atoms with E-state index in [2.05, 4.69) is 29.1 Å². The molecule has 1 aliphatic rings. The third-order valence-electron chi connectivity index (χ3n) is 2.76. The lowest BCUT2D eigenvalue weighted by Crippen LogP contribution is -2.26. The Kier molecular flexibility index (Phi) is 3.40. The monoisotopic (exact) mass is 229 g/mol. The summed E-state index contributed by atoms with van der Waals surface area (Å²) in [5, 5.41) is 2.95. The maximum absolute atomic E-state index is 11.8. The Labute approximate surface area is 101 Å². The van der Waals surface area contributed by atoms with Crippen molar-refractivity contribution in [3.05, 3.63) is 29.6 Å². The third kappa shape index (κ3) is 3.05. The van der Waals surface area contributed by atoms with E-state index in [1.165, 1.54) is 0 Å². The van der Waals surface area contributed by atoms with E-state index in [4.69, 9.17) is 5.73 Å². The Bertz CT molecular complexity index is 487. The quantitative estimate of drug-likeness (QED) is 0.727. The van der Waals surface area contributed by atoms with Gasteiger partial charge in [0.05, 0.1) is 12.1 Å². The molecule has 1 saturated carbocycles. The topological polar surface area (TPSA) is 68.0 Å². The molecular formula is C13H15N3O. The van der Waals surface area contributed by atoms with Crippen LogP contribution in [-0.4, -0.2) is 23.5 Å². The van der Waals surface area contributed by atoms with E-state index >= 15 is 0 Å². The van der Waals surface area contributed by atoms with E-state index in [1.807, 2.05) is 0 Å². The maximum atomic E-state index is 11.8. The lowest BCUT2D eigenvalue weighted by Gasteiger charge is -2.03. The first-order valence-electron chi connectivity index (χ1n) is 5.65. The minimum Gasteiger partial charge on any atom is -0.349 e. The Morgan fingerprint density at radius 1 is 1.65 bits per heavy atom. The van der Waals surface area contributed by atoms with Crippen molar-refractivity contribution in [1.82, 2.24) is 10.3 Å². The average molecular weight is 229 g/mol. The summed E-state index contributed by atoms with van der Waals surface area (Å²) in [6.45, 7) is 2.42. The molecule has 0 bridgehead atoms. The highest BCUT2D eigenvalue weighted by molar-refractivity contribution is 5.94. The SMILES string of the molecule is CC1CC1NC(=O)c1cncc(C#CCN)c1. The molecule has 1 fully saturated rings. The van der Waals surface area contributed by atoms with E-state index in [0.717, 1.165) is 6.42 Å². The molecule has 4 heteroatoms. The van der Waals surface area contributed by atoms with Crippen LogP contribution in [0.3, 0.4) is 0 Å². The first-order chi connectivity index (χ1) is 8.20. The van der Waals surface area contributed by atoms with Crippen LogP contribution in [0.5, 0.6) is 0 Å². The summed E-state index contributed by atoms with van der Waals surface area (Å²) in [5.74, 6) is 6.11. The first-order valence-corrected chi connectivity index (χ1v) is 5.65. The summed E-state index contributed by atoms with van der Waals surface area (Å²) in [4.78, 5) is 15.8. The molecule has 2 unspecified atom stereocenters. The van der Waals surface area contributed by atoms with Crippen LogP contribution in [0.25, 0.3) is 0 Å². The van der Waals surface area contributed by atoms with Gasteiger partial charge in [-0.2, -0.15) is 0 Å². The molecule has 4 nitrogen and oxygen atoms in total. The van der Waals surface area contributed by atoms with E-state index in [9.17, 15) is 4.79 Å². The number of rotatable bonds is 2. The summed E-state index contributed by atoms with van der Waals surface area (Å²) in [7, 11) is 0. The fourth-order valence-corrected chi connectivity index (χ4v) is 1.56. The molecule has 17 heavy (non-hydrogen) atoms. The van der Waals surface area contributed by atoms with Gasteiger partial charge in [0.2, 0.25) is 0 Å². The van der Waals surface area contributed by atoms with Gasteiger partial charge in [-0.25, -0.2) is 0 Å². The van der Waals surface area contributed by atoms with Gasteiger partial charge in [-0.3, -0.25) is 9.78 Å². The van der Waals surface area contributed by atoms with Crippen molar-refractivity contribution in [2.24, 2.45) is 11.7 Å². The highest BCUT2D eigenvalue weighted by Crippen LogP contribution is 2.29. The molecule has 1 aromatic heterocycles. The maximum Gasteiger partial charge on any atom is 0.253 e. The number of carbonyl (C=O) groups excluding carboxylic acids is 1. The van der Waals surface area contributed by atoms with Crippen molar-refractivity contribution >= 4 is 5.91 Å². The number of amides is 1. The summed E-state index contributed by atoms with van der Waals surface area (Å²) in [6, 6.07) is 2.05. The van der Waals surface area contributed by atoms with Crippen molar-refractivity contribution in [2.75, 3.05) is 6.54 Å². The van der Waals surface area contributed by atoms with Crippen molar-refractivity contribution in [2.45, 2.75) is 19.4 Å². The van der Waals surface area contributed by atoms with E-state index in [0.29, 0.717) is 29.6 Å². The first kappa shape index (κ1) is 11.6. The van der Waals surface area contributed by atoms with Crippen LogP contribution < -0.4 is 11.1 Å². The molecule has 3 N–H and O–H groups in total. The van der Waals surface area contributed by atoms with Crippen LogP contribution in [0.1, 0.15) is 29.3 Å². The molecular weight excluding hydrogens is 214 g/mol. The molecule has 0 radical (unpaired) electrons. The summed E-state index contributed by atoms with van der Waals surface area (Å²) in [5.41, 5.74) is 6.55. The number of nitrogens with one attached hydrogen (secondary N) is 1. The van der Waals surface area contributed by atoms with Crippen molar-refractivity contribution in [1.29, 1.82) is 0 Å². The van der Waals surface area contributed by atoms with E-state index in [-0.39, 0.29) is 5.91 Å². The number of pyridine rings is 1. The zero-order valence-electron chi connectivity index (χ0n) is 9.73. The van der Waals surface area contributed by atoms with E-state index < -0.39 is 0 Å². The van der Waals surface area contributed by atoms with Gasteiger partial charge in [0.25, 0.3) is 5.91 Å². The molecule has 2 atom stereocenters. The molecule has 1 amide bonds. The molecule has 1 aromatic rings. The Hall–Kier alpha value is -1.86. The van der Waals surface area contributed by atoms with Gasteiger partial charge in [0.1, 0.15) is 0 Å². The lowest BCUT2D eigenvalue weighted by atomic mass is 10.2. The zero-order valence-corrected chi connectivity index (χ0v) is 9.73. The lowest BCUT2D eigenvalue weighted by molar-refractivity contribution is 0.0949. The number of carbonyl (C=O) groups is 1. The summed E-state index contributed by atoms with van der Waals surface area (Å²) >= 11 is 0. The number of nitrogens with zero attached hydrogens (tertiary/aromatic N) is 1. The van der Waals surface area contributed by atoms with Gasteiger partial charge in [0, 0.05) is 24.0 Å². The van der Waals surface area contributed by atoms with Gasteiger partial charge in [-0.05, 0) is 18.4 Å². The van der Waals surface area contributed by atoms with Crippen molar-refractivity contribution in [3.63, 3.8) is 0 Å². The minimum atomic E-state index is -0.0803. The van der Waals surface area contributed by atoms with Crippen molar-refractivity contribution < 1.29 is 4.79 Å². The molecule has 1 aliphatic carbocycles. The minimum absolute atomic E-state index is 0.0803. The summed E-state index contributed by atoms with van der Waals surface area (Å²) < 4.78 is 0. The van der Waals surface area contributed by atoms with Gasteiger partial charge >= 0.3 is 0 Å².